The van der Waals surface area contributed by atoms with Gasteiger partial charge in [0.1, 0.15) is 11.3 Å². The lowest BCUT2D eigenvalue weighted by Crippen LogP contribution is -2.20. The van der Waals surface area contributed by atoms with Crippen LogP contribution in [-0.4, -0.2) is 25.6 Å². The van der Waals surface area contributed by atoms with Gasteiger partial charge < -0.3 is 19.6 Å². The maximum atomic E-state index is 12.1. The minimum atomic E-state index is -0.621. The van der Waals surface area contributed by atoms with Crippen molar-refractivity contribution in [3.63, 3.8) is 0 Å². The predicted octanol–water partition coefficient (Wildman–Crippen LogP) is 0.989. The average Bonchev–Trinajstić information content (AvgIpc) is 2.48. The molecule has 2 N–H and O–H groups in total. The van der Waals surface area contributed by atoms with Gasteiger partial charge in [-0.1, -0.05) is 0 Å². The summed E-state index contributed by atoms with van der Waals surface area (Å²) >= 11 is 0. The van der Waals surface area contributed by atoms with Gasteiger partial charge in [0, 0.05) is 0 Å². The fourth-order valence-corrected chi connectivity index (χ4v) is 2.32. The lowest BCUT2D eigenvalue weighted by atomic mass is 10.0. The first kappa shape index (κ1) is 16.5. The van der Waals surface area contributed by atoms with Gasteiger partial charge >= 0.3 is 11.6 Å². The molecule has 23 heavy (non-hydrogen) atoms. The summed E-state index contributed by atoms with van der Waals surface area (Å²) < 4.78 is 15.3. The third-order valence-corrected chi connectivity index (χ3v) is 3.41. The van der Waals surface area contributed by atoms with Crippen molar-refractivity contribution in [2.75, 3.05) is 13.7 Å². The van der Waals surface area contributed by atoms with E-state index in [-0.39, 0.29) is 18.6 Å². The zero-order valence-corrected chi connectivity index (χ0v) is 13.1. The quantitative estimate of drug-likeness (QED) is 0.650. The maximum absolute atomic E-state index is 12.1. The molecule has 7 nitrogen and oxygen atoms in total. The molecule has 0 bridgehead atoms. The Kier molecular flexibility index (Phi) is 4.68. The number of benzene rings is 1. The highest BCUT2D eigenvalue weighted by Crippen LogP contribution is 2.31. The number of carbonyl (C=O) groups excluding carboxylic acids is 2. The highest BCUT2D eigenvalue weighted by Gasteiger charge is 2.18. The molecule has 0 aliphatic carbocycles. The monoisotopic (exact) mass is 319 g/mol. The normalized spacial score (nSPS) is 10.6. The smallest absolute Gasteiger partial charge is 0.340 e. The number of fused-ring (bicyclic) bond motifs is 1. The highest BCUT2D eigenvalue weighted by atomic mass is 16.5. The number of aryl methyl sites for hydroxylation is 2. The number of amides is 1. The van der Waals surface area contributed by atoms with E-state index in [9.17, 15) is 14.4 Å². The molecule has 0 radical (unpaired) electrons. The molecule has 0 fully saturated rings. The Balaban J connectivity index is 2.66. The van der Waals surface area contributed by atoms with Crippen LogP contribution in [0.5, 0.6) is 5.75 Å². The van der Waals surface area contributed by atoms with Gasteiger partial charge in [-0.05, 0) is 37.1 Å². The van der Waals surface area contributed by atoms with Crippen molar-refractivity contribution in [3.8, 4) is 5.75 Å². The summed E-state index contributed by atoms with van der Waals surface area (Å²) in [5, 5.41) is 0.523. The Morgan fingerprint density at radius 3 is 2.57 bits per heavy atom. The lowest BCUT2D eigenvalue weighted by molar-refractivity contribution is -0.139. The minimum Gasteiger partial charge on any atom is -0.483 e. The van der Waals surface area contributed by atoms with Gasteiger partial charge in [-0.25, -0.2) is 4.79 Å². The van der Waals surface area contributed by atoms with Crippen LogP contribution >= 0.6 is 0 Å². The van der Waals surface area contributed by atoms with Gasteiger partial charge in [0.05, 0.1) is 24.5 Å². The SMILES string of the molecule is COC(=O)Cc1c(C)c2c(OCC(N)=O)cc(C)cc2oc1=O. The molecule has 0 saturated heterocycles. The molecule has 7 heteroatoms. The largest absolute Gasteiger partial charge is 0.483 e. The molecule has 2 aromatic rings. The van der Waals surface area contributed by atoms with Crippen molar-refractivity contribution in [1.29, 1.82) is 0 Å². The second kappa shape index (κ2) is 6.51. The van der Waals surface area contributed by atoms with Crippen molar-refractivity contribution in [1.82, 2.24) is 0 Å². The van der Waals surface area contributed by atoms with Gasteiger partial charge in [0.2, 0.25) is 0 Å². The van der Waals surface area contributed by atoms with Crippen molar-refractivity contribution in [2.24, 2.45) is 5.73 Å². The Labute approximate surface area is 132 Å². The second-order valence-corrected chi connectivity index (χ2v) is 5.14. The maximum Gasteiger partial charge on any atom is 0.340 e. The number of methoxy groups -OCH3 is 1. The first-order chi connectivity index (χ1) is 10.8. The van der Waals surface area contributed by atoms with E-state index < -0.39 is 17.5 Å². The number of nitrogens with two attached hydrogens (primary N) is 1. The Morgan fingerprint density at radius 2 is 1.96 bits per heavy atom. The number of hydrogen-bond donors (Lipinski definition) is 1. The molecule has 0 atom stereocenters. The molecule has 0 aliphatic rings. The molecule has 0 unspecified atom stereocenters. The first-order valence-corrected chi connectivity index (χ1v) is 6.88. The van der Waals surface area contributed by atoms with Crippen molar-refractivity contribution in [3.05, 3.63) is 39.2 Å². The van der Waals surface area contributed by atoms with Crippen LogP contribution in [0.1, 0.15) is 16.7 Å². The van der Waals surface area contributed by atoms with Gasteiger partial charge in [-0.15, -0.1) is 0 Å². The van der Waals surface area contributed by atoms with E-state index in [0.29, 0.717) is 22.3 Å². The fraction of sp³-hybridized carbons (Fsp3) is 0.312. The average molecular weight is 319 g/mol. The number of ether oxygens (including phenoxy) is 2. The van der Waals surface area contributed by atoms with E-state index >= 15 is 0 Å². The number of rotatable bonds is 5. The van der Waals surface area contributed by atoms with E-state index in [1.54, 1.807) is 26.0 Å². The van der Waals surface area contributed by atoms with Crippen LogP contribution in [0.2, 0.25) is 0 Å². The molecule has 122 valence electrons. The summed E-state index contributed by atoms with van der Waals surface area (Å²) in [6.07, 6.45) is -0.205. The first-order valence-electron chi connectivity index (χ1n) is 6.88. The highest BCUT2D eigenvalue weighted by molar-refractivity contribution is 5.89. The van der Waals surface area contributed by atoms with Crippen LogP contribution in [0.3, 0.4) is 0 Å². The second-order valence-electron chi connectivity index (χ2n) is 5.14. The molecular weight excluding hydrogens is 302 g/mol. The molecule has 0 saturated carbocycles. The van der Waals surface area contributed by atoms with Crippen LogP contribution in [0.25, 0.3) is 11.0 Å². The number of carbonyl (C=O) groups is 2. The van der Waals surface area contributed by atoms with Crippen molar-refractivity contribution < 1.29 is 23.5 Å². The van der Waals surface area contributed by atoms with Gasteiger partial charge in [-0.2, -0.15) is 0 Å². The van der Waals surface area contributed by atoms with E-state index in [2.05, 4.69) is 4.74 Å². The molecule has 0 aliphatic heterocycles. The molecule has 1 aromatic carbocycles. The summed E-state index contributed by atoms with van der Waals surface area (Å²) in [4.78, 5) is 34.5. The Bertz CT molecular complexity index is 837. The molecule has 1 aromatic heterocycles. The summed E-state index contributed by atoms with van der Waals surface area (Å²) in [6, 6.07) is 3.39. The minimum absolute atomic E-state index is 0.192. The number of primary amides is 1. The van der Waals surface area contributed by atoms with E-state index in [4.69, 9.17) is 14.9 Å². The summed E-state index contributed by atoms with van der Waals surface area (Å²) in [5.74, 6) is -0.804. The van der Waals surface area contributed by atoms with Crippen LogP contribution < -0.4 is 16.1 Å². The zero-order valence-electron chi connectivity index (χ0n) is 13.1. The Morgan fingerprint density at radius 1 is 1.26 bits per heavy atom. The fourth-order valence-electron chi connectivity index (χ4n) is 2.32. The molecule has 2 rings (SSSR count). The predicted molar refractivity (Wildman–Crippen MR) is 82.4 cm³/mol. The standard InChI is InChI=1S/C16H17NO6/c1-8-4-11(22-7-13(17)18)15-9(2)10(6-14(19)21-3)16(20)23-12(15)5-8/h4-5H,6-7H2,1-3H3,(H2,17,18). The lowest BCUT2D eigenvalue weighted by Gasteiger charge is -2.13. The van der Waals surface area contributed by atoms with Crippen LogP contribution in [0.4, 0.5) is 0 Å². The third kappa shape index (κ3) is 3.50. The van der Waals surface area contributed by atoms with Gasteiger partial charge in [-0.3, -0.25) is 9.59 Å². The van der Waals surface area contributed by atoms with Gasteiger partial charge in [0.25, 0.3) is 5.91 Å². The van der Waals surface area contributed by atoms with E-state index in [1.165, 1.54) is 7.11 Å². The van der Waals surface area contributed by atoms with E-state index in [0.717, 1.165) is 5.56 Å². The molecule has 1 amide bonds. The van der Waals surface area contributed by atoms with Crippen molar-refractivity contribution in [2.45, 2.75) is 20.3 Å². The zero-order chi connectivity index (χ0) is 17.1. The molecule has 0 spiro atoms. The third-order valence-electron chi connectivity index (χ3n) is 3.41. The number of esters is 1. The Hall–Kier alpha value is -2.83. The number of hydrogen-bond acceptors (Lipinski definition) is 6. The van der Waals surface area contributed by atoms with Crippen LogP contribution in [0.15, 0.2) is 21.3 Å². The topological polar surface area (TPSA) is 109 Å². The van der Waals surface area contributed by atoms with Crippen molar-refractivity contribution >= 4 is 22.8 Å². The van der Waals surface area contributed by atoms with Gasteiger partial charge in [0.15, 0.2) is 6.61 Å². The molecular formula is C16H17NO6. The van der Waals surface area contributed by atoms with E-state index in [1.807, 2.05) is 0 Å². The summed E-state index contributed by atoms with van der Waals surface area (Å²) in [7, 11) is 1.24. The van der Waals surface area contributed by atoms with Crippen LogP contribution in [-0.2, 0) is 20.7 Å². The summed E-state index contributed by atoms with van der Waals surface area (Å²) in [6.45, 7) is 3.18. The van der Waals surface area contributed by atoms with Crippen LogP contribution in [0, 0.1) is 13.8 Å². The summed E-state index contributed by atoms with van der Waals surface area (Å²) in [5.41, 5.74) is 6.34. The molecule has 1 heterocycles.